The van der Waals surface area contributed by atoms with Gasteiger partial charge in [-0.1, -0.05) is 30.9 Å². The molecular formula is C31H38F4N2O3. The van der Waals surface area contributed by atoms with E-state index in [0.717, 1.165) is 32.0 Å². The molecule has 9 heteroatoms. The summed E-state index contributed by atoms with van der Waals surface area (Å²) in [4.78, 5) is 18.0. The van der Waals surface area contributed by atoms with E-state index in [0.29, 0.717) is 18.0 Å². The van der Waals surface area contributed by atoms with Crippen molar-refractivity contribution in [3.05, 3.63) is 64.7 Å². The van der Waals surface area contributed by atoms with E-state index in [-0.39, 0.29) is 41.1 Å². The second kappa shape index (κ2) is 14.0. The van der Waals surface area contributed by atoms with Crippen molar-refractivity contribution in [3.63, 3.8) is 0 Å². The maximum absolute atomic E-state index is 14.3. The zero-order valence-corrected chi connectivity index (χ0v) is 23.2. The molecule has 1 heterocycles. The minimum absolute atomic E-state index is 0.0979. The molecule has 0 spiro atoms. The number of nitrogens with zero attached hydrogens (tertiary/aromatic N) is 2. The third-order valence-electron chi connectivity index (χ3n) is 7.87. The number of carbonyl (C=O) groups is 1. The lowest BCUT2D eigenvalue weighted by Gasteiger charge is -2.34. The zero-order chi connectivity index (χ0) is 28.6. The van der Waals surface area contributed by atoms with Crippen LogP contribution in [-0.4, -0.2) is 61.6 Å². The van der Waals surface area contributed by atoms with Gasteiger partial charge in [-0.2, -0.15) is 8.78 Å². The molecule has 218 valence electrons. The van der Waals surface area contributed by atoms with E-state index in [1.54, 1.807) is 17.9 Å². The van der Waals surface area contributed by atoms with Gasteiger partial charge in [0, 0.05) is 42.9 Å². The first-order chi connectivity index (χ1) is 19.2. The lowest BCUT2D eigenvalue weighted by molar-refractivity contribution is -0.0512. The highest BCUT2D eigenvalue weighted by atomic mass is 19.3. The number of rotatable bonds is 11. The second-order valence-corrected chi connectivity index (χ2v) is 10.9. The average Bonchev–Trinajstić information content (AvgIpc) is 3.36. The van der Waals surface area contributed by atoms with Crippen molar-refractivity contribution in [2.24, 2.45) is 5.92 Å². The van der Waals surface area contributed by atoms with Crippen LogP contribution in [0.2, 0.25) is 0 Å². The maximum atomic E-state index is 14.3. The number of hydrogen-bond acceptors (Lipinski definition) is 4. The normalized spacial score (nSPS) is 18.8. The van der Waals surface area contributed by atoms with E-state index in [9.17, 15) is 22.4 Å². The molecule has 2 fully saturated rings. The van der Waals surface area contributed by atoms with E-state index in [4.69, 9.17) is 4.74 Å². The van der Waals surface area contributed by atoms with E-state index < -0.39 is 18.2 Å². The lowest BCUT2D eigenvalue weighted by Crippen LogP contribution is -2.45. The van der Waals surface area contributed by atoms with Crippen LogP contribution in [0.25, 0.3) is 6.08 Å². The molecule has 1 aliphatic heterocycles. The van der Waals surface area contributed by atoms with Crippen LogP contribution < -0.4 is 9.47 Å². The molecule has 40 heavy (non-hydrogen) atoms. The van der Waals surface area contributed by atoms with Gasteiger partial charge in [0.25, 0.3) is 5.91 Å². The summed E-state index contributed by atoms with van der Waals surface area (Å²) >= 11 is 0. The first kappa shape index (κ1) is 29.9. The number of hydrogen-bond donors (Lipinski definition) is 0. The van der Waals surface area contributed by atoms with Gasteiger partial charge in [-0.3, -0.25) is 9.69 Å². The average molecular weight is 563 g/mol. The summed E-state index contributed by atoms with van der Waals surface area (Å²) in [5, 5.41) is 0. The Morgan fingerprint density at radius 2 is 1.82 bits per heavy atom. The molecule has 2 aromatic rings. The highest BCUT2D eigenvalue weighted by molar-refractivity contribution is 5.95. The quantitative estimate of drug-likeness (QED) is 0.273. The van der Waals surface area contributed by atoms with Gasteiger partial charge in [0.15, 0.2) is 11.5 Å². The number of ether oxygens (including phenoxy) is 2. The van der Waals surface area contributed by atoms with Crippen molar-refractivity contribution in [2.75, 3.05) is 33.3 Å². The molecule has 4 rings (SSSR count). The maximum Gasteiger partial charge on any atom is 0.387 e. The Labute approximate surface area is 233 Å². The fourth-order valence-corrected chi connectivity index (χ4v) is 5.93. The second-order valence-electron chi connectivity index (χ2n) is 10.9. The van der Waals surface area contributed by atoms with Crippen LogP contribution in [0, 0.1) is 17.6 Å². The third kappa shape index (κ3) is 7.99. The summed E-state index contributed by atoms with van der Waals surface area (Å²) in [7, 11) is 1.34. The van der Waals surface area contributed by atoms with Crippen molar-refractivity contribution >= 4 is 12.0 Å². The van der Waals surface area contributed by atoms with Crippen LogP contribution in [0.15, 0.2) is 42.0 Å². The zero-order valence-electron chi connectivity index (χ0n) is 23.2. The van der Waals surface area contributed by atoms with Gasteiger partial charge in [0.1, 0.15) is 11.6 Å². The summed E-state index contributed by atoms with van der Waals surface area (Å²) < 4.78 is 63.5. The molecule has 0 radical (unpaired) electrons. The Bertz CT molecular complexity index is 1180. The molecule has 1 unspecified atom stereocenters. The summed E-state index contributed by atoms with van der Waals surface area (Å²) in [5.41, 5.74) is 1.12. The number of benzene rings is 2. The van der Waals surface area contributed by atoms with Crippen LogP contribution in [0.4, 0.5) is 17.6 Å². The van der Waals surface area contributed by atoms with E-state index in [1.165, 1.54) is 69.5 Å². The van der Waals surface area contributed by atoms with Gasteiger partial charge in [0.05, 0.1) is 7.11 Å². The first-order valence-corrected chi connectivity index (χ1v) is 14.0. The van der Waals surface area contributed by atoms with Crippen molar-refractivity contribution in [3.8, 4) is 11.5 Å². The minimum Gasteiger partial charge on any atom is -0.493 e. The van der Waals surface area contributed by atoms with Gasteiger partial charge >= 0.3 is 6.61 Å². The molecule has 1 amide bonds. The van der Waals surface area contributed by atoms with Crippen molar-refractivity contribution < 1.29 is 31.8 Å². The molecule has 0 aromatic heterocycles. The fourth-order valence-electron chi connectivity index (χ4n) is 5.93. The number of halogens is 4. The Balaban J connectivity index is 1.58. The number of methoxy groups -OCH3 is 1. The fraction of sp³-hybridized carbons (Fsp3) is 0.516. The third-order valence-corrected chi connectivity index (χ3v) is 7.87. The predicted molar refractivity (Wildman–Crippen MR) is 147 cm³/mol. The van der Waals surface area contributed by atoms with Crippen molar-refractivity contribution in [1.82, 2.24) is 9.80 Å². The summed E-state index contributed by atoms with van der Waals surface area (Å²) in [6.07, 6.45) is 9.88. The molecular weight excluding hydrogens is 524 g/mol. The molecule has 1 atom stereocenters. The predicted octanol–water partition coefficient (Wildman–Crippen LogP) is 7.17. The number of carbonyl (C=O) groups excluding carboxylic acids is 1. The van der Waals surface area contributed by atoms with Gasteiger partial charge < -0.3 is 14.4 Å². The molecule has 1 aliphatic carbocycles. The number of amides is 1. The Morgan fingerprint density at radius 3 is 2.52 bits per heavy atom. The molecule has 2 aromatic carbocycles. The molecule has 1 saturated carbocycles. The van der Waals surface area contributed by atoms with Crippen molar-refractivity contribution in [2.45, 2.75) is 64.5 Å². The minimum atomic E-state index is -3.07. The first-order valence-electron chi connectivity index (χ1n) is 14.0. The van der Waals surface area contributed by atoms with Crippen LogP contribution >= 0.6 is 0 Å². The van der Waals surface area contributed by atoms with Crippen molar-refractivity contribution in [1.29, 1.82) is 0 Å². The number of alkyl halides is 2. The monoisotopic (exact) mass is 562 g/mol. The summed E-state index contributed by atoms with van der Waals surface area (Å²) in [6, 6.07) is 7.77. The van der Waals surface area contributed by atoms with Crippen LogP contribution in [-0.2, 0) is 0 Å². The topological polar surface area (TPSA) is 42.0 Å². The van der Waals surface area contributed by atoms with E-state index in [1.807, 2.05) is 0 Å². The highest BCUT2D eigenvalue weighted by Gasteiger charge is 2.31. The molecule has 1 saturated heterocycles. The lowest BCUT2D eigenvalue weighted by atomic mass is 9.89. The molecule has 0 bridgehead atoms. The van der Waals surface area contributed by atoms with Crippen LogP contribution in [0.1, 0.15) is 67.8 Å². The standard InChI is InChI=1S/C31H38F4N2O3/c1-21(15-23-10-12-25(32)17-27(23)33)18-37(20-26-9-6-14-36(26)19-22-7-4-3-5-8-22)30(38)24-11-13-28(39-2)29(16-24)40-31(34)35/h10-13,15-17,22,26,31H,3-9,14,18-20H2,1-2H3. The molecule has 5 nitrogen and oxygen atoms in total. The Morgan fingerprint density at radius 1 is 1.05 bits per heavy atom. The van der Waals surface area contributed by atoms with Gasteiger partial charge in [-0.15, -0.1) is 0 Å². The van der Waals surface area contributed by atoms with Gasteiger partial charge in [0.2, 0.25) is 0 Å². The van der Waals surface area contributed by atoms with E-state index >= 15 is 0 Å². The SMILES string of the molecule is COc1ccc(C(=O)N(CC(C)=Cc2ccc(F)cc2F)CC2CCCN2CC2CCCCC2)cc1OC(F)F. The van der Waals surface area contributed by atoms with Crippen LogP contribution in [0.5, 0.6) is 11.5 Å². The highest BCUT2D eigenvalue weighted by Crippen LogP contribution is 2.31. The molecule has 0 N–H and O–H groups in total. The molecule has 2 aliphatic rings. The smallest absolute Gasteiger partial charge is 0.387 e. The van der Waals surface area contributed by atoms with E-state index in [2.05, 4.69) is 9.64 Å². The Hall–Kier alpha value is -3.07. The largest absolute Gasteiger partial charge is 0.493 e. The number of likely N-dealkylation sites (tertiary alicyclic amines) is 1. The Kier molecular flexibility index (Phi) is 10.5. The summed E-state index contributed by atoms with van der Waals surface area (Å²) in [6.45, 7) is 1.35. The van der Waals surface area contributed by atoms with Gasteiger partial charge in [-0.05, 0) is 75.4 Å². The van der Waals surface area contributed by atoms with Gasteiger partial charge in [-0.25, -0.2) is 8.78 Å². The van der Waals surface area contributed by atoms with Crippen LogP contribution in [0.3, 0.4) is 0 Å². The summed E-state index contributed by atoms with van der Waals surface area (Å²) in [5.74, 6) is -1.15.